The molecule has 0 amide bonds. The van der Waals surface area contributed by atoms with Crippen LogP contribution in [0, 0.1) is 0 Å². The van der Waals surface area contributed by atoms with Crippen molar-refractivity contribution in [2.75, 3.05) is 13.2 Å². The van der Waals surface area contributed by atoms with Gasteiger partial charge in [-0.2, -0.15) is 0 Å². The maximum atomic E-state index is 11.1. The molecule has 1 saturated heterocycles. The summed E-state index contributed by atoms with van der Waals surface area (Å²) in [7, 11) is 1.68. The van der Waals surface area contributed by atoms with Gasteiger partial charge in [-0.15, -0.1) is 0 Å². The van der Waals surface area contributed by atoms with Gasteiger partial charge in [0.15, 0.2) is 0 Å². The summed E-state index contributed by atoms with van der Waals surface area (Å²) < 4.78 is 32.9. The lowest BCUT2D eigenvalue weighted by Crippen LogP contribution is -2.01. The first-order chi connectivity index (χ1) is 11.5. The number of hydrogen-bond donors (Lipinski definition) is 0. The zero-order valence-electron chi connectivity index (χ0n) is 13.4. The molecule has 1 aliphatic heterocycles. The fourth-order valence-corrected chi connectivity index (χ4v) is 3.16. The van der Waals surface area contributed by atoms with Crippen LogP contribution in [0.4, 0.5) is 0 Å². The average Bonchev–Trinajstić information content (AvgIpc) is 3.13. The first-order valence-electron chi connectivity index (χ1n) is 7.79. The first-order valence-corrected chi connectivity index (χ1v) is 10.3. The fraction of sp³-hybridized carbons (Fsp3) is 0.333. The second-order valence-corrected chi connectivity index (χ2v) is 8.16. The van der Waals surface area contributed by atoms with Crippen LogP contribution < -0.4 is 4.74 Å². The zero-order chi connectivity index (χ0) is 17.3. The zero-order valence-corrected chi connectivity index (χ0v) is 14.9. The predicted molar refractivity (Wildman–Crippen MR) is 95.7 cm³/mol. The predicted octanol–water partition coefficient (Wildman–Crippen LogP) is 4.13. The van der Waals surface area contributed by atoms with Crippen LogP contribution in [0.1, 0.15) is 24.0 Å². The van der Waals surface area contributed by atoms with Crippen LogP contribution in [0.15, 0.2) is 54.6 Å². The third-order valence-electron chi connectivity index (χ3n) is 3.37. The van der Waals surface area contributed by atoms with Crippen LogP contribution in [0.2, 0.25) is 0 Å². The molecule has 0 aromatic heterocycles. The maximum Gasteiger partial charge on any atom is 0.236 e. The van der Waals surface area contributed by atoms with Crippen molar-refractivity contribution < 1.29 is 17.9 Å². The van der Waals surface area contributed by atoms with E-state index in [1.807, 2.05) is 30.3 Å². The molecular weight excluding hydrogens is 348 g/mol. The number of hydrogen-bond acceptors (Lipinski definition) is 4. The van der Waals surface area contributed by atoms with E-state index in [4.69, 9.17) is 20.2 Å². The van der Waals surface area contributed by atoms with Gasteiger partial charge >= 0.3 is 0 Å². The van der Waals surface area contributed by atoms with E-state index in [0.29, 0.717) is 17.9 Å². The Balaban J connectivity index is 0.000000355. The molecule has 0 spiro atoms. The summed E-state index contributed by atoms with van der Waals surface area (Å²) in [6.45, 7) is 2.39. The van der Waals surface area contributed by atoms with E-state index in [2.05, 4.69) is 0 Å². The molecule has 0 radical (unpaired) electrons. The fourth-order valence-electron chi connectivity index (χ4n) is 2.20. The van der Waals surface area contributed by atoms with Gasteiger partial charge in [-0.3, -0.25) is 0 Å². The van der Waals surface area contributed by atoms with E-state index in [1.54, 1.807) is 24.3 Å². The molecule has 24 heavy (non-hydrogen) atoms. The Bertz CT molecular complexity index is 705. The lowest BCUT2D eigenvalue weighted by molar-refractivity contribution is 0.198. The van der Waals surface area contributed by atoms with Crippen molar-refractivity contribution in [2.45, 2.75) is 25.2 Å². The quantitative estimate of drug-likeness (QED) is 0.744. The number of rotatable bonds is 5. The molecule has 0 aliphatic carbocycles. The van der Waals surface area contributed by atoms with E-state index in [9.17, 15) is 8.42 Å². The number of para-hydroxylation sites is 1. The van der Waals surface area contributed by atoms with Gasteiger partial charge in [-0.1, -0.05) is 48.5 Å². The average molecular weight is 369 g/mol. The normalized spacial score (nSPS) is 13.9. The summed E-state index contributed by atoms with van der Waals surface area (Å²) in [6, 6.07) is 16.7. The first kappa shape index (κ1) is 18.8. The minimum absolute atomic E-state index is 0.237. The van der Waals surface area contributed by atoms with E-state index >= 15 is 0 Å². The summed E-state index contributed by atoms with van der Waals surface area (Å²) in [4.78, 5) is 0. The molecular formula is C18H21ClO4S. The highest BCUT2D eigenvalue weighted by Crippen LogP contribution is 2.22. The molecule has 2 aromatic carbocycles. The summed E-state index contributed by atoms with van der Waals surface area (Å²) in [5, 5.41) is 0. The molecule has 1 fully saturated rings. The highest BCUT2D eigenvalue weighted by Gasteiger charge is 2.11. The number of ether oxygens (including phenoxy) is 2. The minimum atomic E-state index is -3.59. The van der Waals surface area contributed by atoms with Crippen molar-refractivity contribution in [3.05, 3.63) is 65.7 Å². The minimum Gasteiger partial charge on any atom is -0.489 e. The van der Waals surface area contributed by atoms with Gasteiger partial charge in [0, 0.05) is 29.5 Å². The standard InChI is InChI=1S/C14H13ClO3S.C4H8O/c15-19(16,17)11-13-8-4-5-9-14(13)18-10-12-6-2-1-3-7-12;1-2-4-5-3-1/h1-9H,10-11H2;1-4H2. The van der Waals surface area contributed by atoms with Crippen LogP contribution in [0.3, 0.4) is 0 Å². The highest BCUT2D eigenvalue weighted by atomic mass is 35.7. The topological polar surface area (TPSA) is 52.6 Å². The lowest BCUT2D eigenvalue weighted by atomic mass is 10.2. The highest BCUT2D eigenvalue weighted by molar-refractivity contribution is 8.13. The Morgan fingerprint density at radius 1 is 0.958 bits per heavy atom. The van der Waals surface area contributed by atoms with Gasteiger partial charge in [0.2, 0.25) is 9.05 Å². The summed E-state index contributed by atoms with van der Waals surface area (Å²) in [6.07, 6.45) is 2.56. The molecule has 0 unspecified atom stereocenters. The van der Waals surface area contributed by atoms with Crippen LogP contribution >= 0.6 is 10.7 Å². The Morgan fingerprint density at radius 2 is 1.58 bits per heavy atom. The molecule has 0 N–H and O–H groups in total. The Kier molecular flexibility index (Phi) is 7.56. The Hall–Kier alpha value is -1.56. The van der Waals surface area contributed by atoms with Gasteiger partial charge in [-0.05, 0) is 24.5 Å². The number of benzene rings is 2. The SMILES string of the molecule is C1CCOC1.O=S(=O)(Cl)Cc1ccccc1OCc1ccccc1. The third-order valence-corrected chi connectivity index (χ3v) is 4.35. The molecule has 1 aliphatic rings. The molecule has 4 nitrogen and oxygen atoms in total. The number of halogens is 1. The van der Waals surface area contributed by atoms with Crippen molar-refractivity contribution in [1.82, 2.24) is 0 Å². The van der Waals surface area contributed by atoms with Gasteiger partial charge in [-0.25, -0.2) is 8.42 Å². The van der Waals surface area contributed by atoms with Gasteiger partial charge in [0.05, 0.1) is 5.75 Å². The molecule has 6 heteroatoms. The Labute approximate surface area is 147 Å². The van der Waals surface area contributed by atoms with Crippen molar-refractivity contribution in [3.63, 3.8) is 0 Å². The van der Waals surface area contributed by atoms with Crippen LogP contribution in [0.25, 0.3) is 0 Å². The molecule has 0 bridgehead atoms. The summed E-state index contributed by atoms with van der Waals surface area (Å²) >= 11 is 0. The smallest absolute Gasteiger partial charge is 0.236 e. The third kappa shape index (κ3) is 7.34. The van der Waals surface area contributed by atoms with E-state index in [-0.39, 0.29) is 5.75 Å². The second kappa shape index (κ2) is 9.67. The lowest BCUT2D eigenvalue weighted by Gasteiger charge is -2.10. The second-order valence-electron chi connectivity index (χ2n) is 5.38. The largest absolute Gasteiger partial charge is 0.489 e. The molecule has 3 rings (SSSR count). The van der Waals surface area contributed by atoms with E-state index in [1.165, 1.54) is 12.8 Å². The summed E-state index contributed by atoms with van der Waals surface area (Å²) in [5.74, 6) is 0.301. The molecule has 130 valence electrons. The van der Waals surface area contributed by atoms with Gasteiger partial charge < -0.3 is 9.47 Å². The van der Waals surface area contributed by atoms with Crippen molar-refractivity contribution in [3.8, 4) is 5.75 Å². The van der Waals surface area contributed by atoms with Crippen molar-refractivity contribution in [1.29, 1.82) is 0 Å². The summed E-state index contributed by atoms with van der Waals surface area (Å²) in [5.41, 5.74) is 1.58. The van der Waals surface area contributed by atoms with Gasteiger partial charge in [0.25, 0.3) is 0 Å². The van der Waals surface area contributed by atoms with Crippen molar-refractivity contribution >= 4 is 19.7 Å². The van der Waals surface area contributed by atoms with Crippen LogP contribution in [-0.2, 0) is 26.1 Å². The van der Waals surface area contributed by atoms with E-state index < -0.39 is 9.05 Å². The molecule has 1 heterocycles. The van der Waals surface area contributed by atoms with Crippen molar-refractivity contribution in [2.24, 2.45) is 0 Å². The Morgan fingerprint density at radius 3 is 2.17 bits per heavy atom. The molecule has 0 atom stereocenters. The molecule has 0 saturated carbocycles. The molecule has 2 aromatic rings. The van der Waals surface area contributed by atoms with Crippen LogP contribution in [0.5, 0.6) is 5.75 Å². The van der Waals surface area contributed by atoms with E-state index in [0.717, 1.165) is 18.8 Å². The maximum absolute atomic E-state index is 11.1. The van der Waals surface area contributed by atoms with Gasteiger partial charge in [0.1, 0.15) is 12.4 Å². The van der Waals surface area contributed by atoms with Crippen LogP contribution in [-0.4, -0.2) is 21.6 Å². The monoisotopic (exact) mass is 368 g/mol.